The Balaban J connectivity index is 2.16. The Kier molecular flexibility index (Phi) is 5.15. The van der Waals surface area contributed by atoms with E-state index < -0.39 is 10.0 Å². The average Bonchev–Trinajstić information content (AvgIpc) is 2.85. The molecule has 0 aliphatic heterocycles. The molecule has 0 fully saturated rings. The van der Waals surface area contributed by atoms with Gasteiger partial charge in [0.05, 0.1) is 16.7 Å². The molecule has 0 bridgehead atoms. The number of aromatic nitrogens is 2. The fourth-order valence-corrected chi connectivity index (χ4v) is 3.88. The molecule has 114 valence electrons. The Morgan fingerprint density at radius 2 is 2.00 bits per heavy atom. The lowest BCUT2D eigenvalue weighted by molar-refractivity contribution is 0.469. The first kappa shape index (κ1) is 16.2. The minimum atomic E-state index is -3.62. The Morgan fingerprint density at radius 3 is 2.52 bits per heavy atom. The molecule has 0 amide bonds. The number of sulfonamides is 1. The van der Waals surface area contributed by atoms with Crippen LogP contribution in [0.25, 0.3) is 0 Å². The summed E-state index contributed by atoms with van der Waals surface area (Å²) in [4.78, 5) is 8.90. The molecule has 2 rings (SSSR count). The zero-order chi connectivity index (χ0) is 15.5. The molecule has 0 aromatic carbocycles. The predicted molar refractivity (Wildman–Crippen MR) is 84.2 cm³/mol. The largest absolute Gasteiger partial charge is 0.355 e. The Labute approximate surface area is 132 Å². The molecule has 0 atom stereocenters. The van der Waals surface area contributed by atoms with Crippen LogP contribution in [0.15, 0.2) is 29.4 Å². The SMILES string of the molecule is CCNc1ncc(S(=O)(=O)N(C)Cc2ccc(Cl)s2)cn1. The van der Waals surface area contributed by atoms with Crippen molar-refractivity contribution in [2.24, 2.45) is 0 Å². The van der Waals surface area contributed by atoms with Gasteiger partial charge in [-0.2, -0.15) is 4.31 Å². The van der Waals surface area contributed by atoms with E-state index in [0.29, 0.717) is 16.8 Å². The van der Waals surface area contributed by atoms with Crippen LogP contribution in [0.2, 0.25) is 4.34 Å². The van der Waals surface area contributed by atoms with E-state index in [-0.39, 0.29) is 11.4 Å². The van der Waals surface area contributed by atoms with Gasteiger partial charge in [-0.15, -0.1) is 11.3 Å². The van der Waals surface area contributed by atoms with Gasteiger partial charge in [-0.3, -0.25) is 0 Å². The standard InChI is InChI=1S/C12H15ClN4O2S2/c1-3-14-12-15-6-10(7-16-12)21(18,19)17(2)8-9-4-5-11(13)20-9/h4-7H,3,8H2,1-2H3,(H,14,15,16). The number of rotatable bonds is 6. The highest BCUT2D eigenvalue weighted by molar-refractivity contribution is 7.89. The van der Waals surface area contributed by atoms with Gasteiger partial charge in [-0.05, 0) is 19.1 Å². The third kappa shape index (κ3) is 3.91. The molecule has 0 unspecified atom stereocenters. The van der Waals surface area contributed by atoms with Crippen molar-refractivity contribution in [1.82, 2.24) is 14.3 Å². The fourth-order valence-electron chi connectivity index (χ4n) is 1.62. The summed E-state index contributed by atoms with van der Waals surface area (Å²) in [6, 6.07) is 3.56. The van der Waals surface area contributed by atoms with E-state index in [1.54, 1.807) is 6.07 Å². The number of anilines is 1. The van der Waals surface area contributed by atoms with Gasteiger partial charge in [-0.1, -0.05) is 11.6 Å². The second-order valence-corrected chi connectivity index (χ2v) is 8.08. The highest BCUT2D eigenvalue weighted by Crippen LogP contribution is 2.24. The van der Waals surface area contributed by atoms with Crippen LogP contribution in [0, 0.1) is 0 Å². The van der Waals surface area contributed by atoms with Crippen LogP contribution in [-0.2, 0) is 16.6 Å². The average molecular weight is 347 g/mol. The lowest BCUT2D eigenvalue weighted by Crippen LogP contribution is -2.26. The van der Waals surface area contributed by atoms with E-state index in [2.05, 4.69) is 15.3 Å². The normalized spacial score (nSPS) is 11.8. The third-order valence-electron chi connectivity index (χ3n) is 2.68. The number of hydrogen-bond donors (Lipinski definition) is 1. The number of nitrogens with one attached hydrogen (secondary N) is 1. The Bertz CT molecular complexity index is 700. The van der Waals surface area contributed by atoms with Crippen molar-refractivity contribution < 1.29 is 8.42 Å². The number of halogens is 1. The minimum absolute atomic E-state index is 0.0642. The van der Waals surface area contributed by atoms with Gasteiger partial charge in [0.2, 0.25) is 16.0 Å². The summed E-state index contributed by atoms with van der Waals surface area (Å²) in [5.74, 6) is 0.407. The molecule has 0 saturated carbocycles. The molecule has 0 aliphatic rings. The second-order valence-electron chi connectivity index (χ2n) is 4.24. The van der Waals surface area contributed by atoms with Crippen molar-refractivity contribution in [1.29, 1.82) is 0 Å². The van der Waals surface area contributed by atoms with Crippen LogP contribution in [0.3, 0.4) is 0 Å². The molecule has 0 spiro atoms. The molecule has 1 N–H and O–H groups in total. The Morgan fingerprint density at radius 1 is 1.33 bits per heavy atom. The van der Waals surface area contributed by atoms with Gasteiger partial charge < -0.3 is 5.32 Å². The zero-order valence-corrected chi connectivity index (χ0v) is 14.0. The van der Waals surface area contributed by atoms with Gasteiger partial charge >= 0.3 is 0 Å². The second kappa shape index (κ2) is 6.69. The van der Waals surface area contributed by atoms with Crippen LogP contribution in [0.4, 0.5) is 5.95 Å². The van der Waals surface area contributed by atoms with E-state index in [1.165, 1.54) is 35.1 Å². The minimum Gasteiger partial charge on any atom is -0.355 e. The van der Waals surface area contributed by atoms with Crippen LogP contribution < -0.4 is 5.32 Å². The maximum absolute atomic E-state index is 12.4. The summed E-state index contributed by atoms with van der Waals surface area (Å²) >= 11 is 7.20. The summed E-state index contributed by atoms with van der Waals surface area (Å²) in [5, 5.41) is 2.91. The van der Waals surface area contributed by atoms with E-state index in [1.807, 2.05) is 13.0 Å². The molecule has 9 heteroatoms. The van der Waals surface area contributed by atoms with Crippen molar-refractivity contribution in [2.75, 3.05) is 18.9 Å². The first-order valence-corrected chi connectivity index (χ1v) is 8.83. The monoisotopic (exact) mass is 346 g/mol. The molecule has 21 heavy (non-hydrogen) atoms. The zero-order valence-electron chi connectivity index (χ0n) is 11.6. The number of hydrogen-bond acceptors (Lipinski definition) is 6. The van der Waals surface area contributed by atoms with Crippen molar-refractivity contribution in [3.05, 3.63) is 33.7 Å². The number of thiophene rings is 1. The van der Waals surface area contributed by atoms with Gasteiger partial charge in [0.1, 0.15) is 4.90 Å². The van der Waals surface area contributed by atoms with Crippen LogP contribution in [0.5, 0.6) is 0 Å². The Hall–Kier alpha value is -1.22. The lowest BCUT2D eigenvalue weighted by Gasteiger charge is -2.16. The maximum Gasteiger partial charge on any atom is 0.246 e. The molecular weight excluding hydrogens is 332 g/mol. The molecular formula is C12H15ClN4O2S2. The van der Waals surface area contributed by atoms with E-state index >= 15 is 0 Å². The van der Waals surface area contributed by atoms with Gasteiger partial charge in [0.15, 0.2) is 0 Å². The van der Waals surface area contributed by atoms with Crippen molar-refractivity contribution in [3.63, 3.8) is 0 Å². The van der Waals surface area contributed by atoms with Crippen LogP contribution in [0.1, 0.15) is 11.8 Å². The van der Waals surface area contributed by atoms with E-state index in [4.69, 9.17) is 11.6 Å². The summed E-state index contributed by atoms with van der Waals surface area (Å²) < 4.78 is 26.7. The molecule has 0 aliphatic carbocycles. The molecule has 6 nitrogen and oxygen atoms in total. The van der Waals surface area contributed by atoms with Gasteiger partial charge in [-0.25, -0.2) is 18.4 Å². The predicted octanol–water partition coefficient (Wildman–Crippen LogP) is 2.44. The fraction of sp³-hybridized carbons (Fsp3) is 0.333. The quantitative estimate of drug-likeness (QED) is 0.869. The third-order valence-corrected chi connectivity index (χ3v) is 5.65. The first-order valence-electron chi connectivity index (χ1n) is 6.20. The summed E-state index contributed by atoms with van der Waals surface area (Å²) in [7, 11) is -2.10. The van der Waals surface area contributed by atoms with Crippen molar-refractivity contribution in [3.8, 4) is 0 Å². The number of nitrogens with zero attached hydrogens (tertiary/aromatic N) is 3. The van der Waals surface area contributed by atoms with Crippen LogP contribution >= 0.6 is 22.9 Å². The summed E-state index contributed by atoms with van der Waals surface area (Å²) in [5.41, 5.74) is 0. The topological polar surface area (TPSA) is 75.2 Å². The first-order chi connectivity index (χ1) is 9.93. The van der Waals surface area contributed by atoms with Gasteiger partial charge in [0.25, 0.3) is 0 Å². The lowest BCUT2D eigenvalue weighted by atomic mass is 10.5. The molecule has 0 radical (unpaired) electrons. The molecule has 2 aromatic heterocycles. The molecule has 0 saturated heterocycles. The molecule has 2 heterocycles. The van der Waals surface area contributed by atoms with Gasteiger partial charge in [0, 0.05) is 25.0 Å². The summed E-state index contributed by atoms with van der Waals surface area (Å²) in [6.45, 7) is 2.84. The van der Waals surface area contributed by atoms with Crippen molar-refractivity contribution >= 4 is 38.9 Å². The van der Waals surface area contributed by atoms with E-state index in [0.717, 1.165) is 4.88 Å². The maximum atomic E-state index is 12.4. The van der Waals surface area contributed by atoms with Crippen molar-refractivity contribution in [2.45, 2.75) is 18.4 Å². The highest BCUT2D eigenvalue weighted by atomic mass is 35.5. The van der Waals surface area contributed by atoms with Crippen LogP contribution in [-0.4, -0.2) is 36.3 Å². The van der Waals surface area contributed by atoms with E-state index in [9.17, 15) is 8.42 Å². The smallest absolute Gasteiger partial charge is 0.246 e. The summed E-state index contributed by atoms with van der Waals surface area (Å²) in [6.07, 6.45) is 2.61. The highest BCUT2D eigenvalue weighted by Gasteiger charge is 2.22. The molecule has 2 aromatic rings.